The Labute approximate surface area is 82.1 Å². The molecule has 1 aromatic rings. The molecule has 1 heterocycles. The van der Waals surface area contributed by atoms with E-state index in [4.69, 9.17) is 0 Å². The standard InChI is InChI=1S/C9H12N4O/c1-3-5-13(6-4-2)9-8(7-14)10-12-11-9/h3-4,7H,1-2,5-6H2,(H,10,11,12). The van der Waals surface area contributed by atoms with Crippen molar-refractivity contribution in [3.05, 3.63) is 31.0 Å². The molecule has 0 saturated carbocycles. The van der Waals surface area contributed by atoms with Crippen LogP contribution < -0.4 is 4.90 Å². The number of aldehydes is 1. The van der Waals surface area contributed by atoms with Gasteiger partial charge in [0.05, 0.1) is 0 Å². The van der Waals surface area contributed by atoms with Gasteiger partial charge in [0.2, 0.25) is 0 Å². The van der Waals surface area contributed by atoms with Crippen LogP contribution in [-0.4, -0.2) is 34.8 Å². The highest BCUT2D eigenvalue weighted by atomic mass is 16.1. The molecule has 0 bridgehead atoms. The Morgan fingerprint density at radius 2 is 1.93 bits per heavy atom. The van der Waals surface area contributed by atoms with Crippen LogP contribution in [0.5, 0.6) is 0 Å². The fraction of sp³-hybridized carbons (Fsp3) is 0.222. The van der Waals surface area contributed by atoms with E-state index in [1.807, 2.05) is 4.90 Å². The minimum Gasteiger partial charge on any atom is -0.346 e. The van der Waals surface area contributed by atoms with Crippen LogP contribution in [0, 0.1) is 0 Å². The highest BCUT2D eigenvalue weighted by Gasteiger charge is 2.12. The van der Waals surface area contributed by atoms with Crippen molar-refractivity contribution in [3.8, 4) is 0 Å². The van der Waals surface area contributed by atoms with Crippen molar-refractivity contribution in [2.45, 2.75) is 0 Å². The number of hydrogen-bond donors (Lipinski definition) is 1. The number of anilines is 1. The quantitative estimate of drug-likeness (QED) is 0.535. The van der Waals surface area contributed by atoms with Crippen molar-refractivity contribution in [1.82, 2.24) is 15.4 Å². The Hall–Kier alpha value is -1.91. The summed E-state index contributed by atoms with van der Waals surface area (Å²) in [7, 11) is 0. The van der Waals surface area contributed by atoms with Gasteiger partial charge in [0.25, 0.3) is 0 Å². The van der Waals surface area contributed by atoms with Crippen molar-refractivity contribution in [1.29, 1.82) is 0 Å². The van der Waals surface area contributed by atoms with Crippen LogP contribution in [0.15, 0.2) is 25.3 Å². The fourth-order valence-electron chi connectivity index (χ4n) is 1.10. The Morgan fingerprint density at radius 1 is 1.29 bits per heavy atom. The molecular weight excluding hydrogens is 180 g/mol. The molecule has 1 rings (SSSR count). The van der Waals surface area contributed by atoms with Crippen LogP contribution in [0.1, 0.15) is 10.5 Å². The third-order valence-electron chi connectivity index (χ3n) is 1.67. The van der Waals surface area contributed by atoms with Crippen LogP contribution in [-0.2, 0) is 0 Å². The molecule has 0 atom stereocenters. The minimum absolute atomic E-state index is 0.300. The van der Waals surface area contributed by atoms with Crippen molar-refractivity contribution < 1.29 is 4.79 Å². The number of hydrogen-bond acceptors (Lipinski definition) is 4. The molecule has 0 spiro atoms. The van der Waals surface area contributed by atoms with Crippen LogP contribution in [0.25, 0.3) is 0 Å². The fourth-order valence-corrected chi connectivity index (χ4v) is 1.10. The summed E-state index contributed by atoms with van der Waals surface area (Å²) in [5, 5.41) is 10.00. The van der Waals surface area contributed by atoms with Crippen LogP contribution in [0.3, 0.4) is 0 Å². The number of carbonyl (C=O) groups is 1. The zero-order chi connectivity index (χ0) is 10.4. The third-order valence-corrected chi connectivity index (χ3v) is 1.67. The van der Waals surface area contributed by atoms with Crippen molar-refractivity contribution in [3.63, 3.8) is 0 Å². The Morgan fingerprint density at radius 3 is 2.43 bits per heavy atom. The first-order valence-electron chi connectivity index (χ1n) is 4.16. The van der Waals surface area contributed by atoms with Gasteiger partial charge in [-0.2, -0.15) is 10.3 Å². The number of aromatic nitrogens is 3. The maximum atomic E-state index is 10.6. The summed E-state index contributed by atoms with van der Waals surface area (Å²) in [6.45, 7) is 8.44. The Balaban J connectivity index is 2.90. The van der Waals surface area contributed by atoms with E-state index >= 15 is 0 Å². The van der Waals surface area contributed by atoms with E-state index in [0.717, 1.165) is 0 Å². The van der Waals surface area contributed by atoms with Crippen LogP contribution in [0.2, 0.25) is 0 Å². The number of nitrogens with one attached hydrogen (secondary N) is 1. The highest BCUT2D eigenvalue weighted by molar-refractivity contribution is 5.79. The molecular formula is C9H12N4O. The molecule has 0 amide bonds. The SMILES string of the molecule is C=CCN(CC=C)c1n[nH]nc1C=O. The molecule has 0 fully saturated rings. The number of aromatic amines is 1. The lowest BCUT2D eigenvalue weighted by atomic mass is 10.4. The maximum Gasteiger partial charge on any atom is 0.182 e. The summed E-state index contributed by atoms with van der Waals surface area (Å²) in [6.07, 6.45) is 4.12. The van der Waals surface area contributed by atoms with Gasteiger partial charge in [0, 0.05) is 13.1 Å². The molecule has 5 nitrogen and oxygen atoms in total. The summed E-state index contributed by atoms with van der Waals surface area (Å²) >= 11 is 0. The second-order valence-electron chi connectivity index (χ2n) is 2.63. The molecule has 0 aliphatic heterocycles. The molecule has 74 valence electrons. The number of carbonyl (C=O) groups excluding carboxylic acids is 1. The summed E-state index contributed by atoms with van der Waals surface area (Å²) in [4.78, 5) is 12.4. The molecule has 0 aliphatic carbocycles. The zero-order valence-electron chi connectivity index (χ0n) is 7.81. The second kappa shape index (κ2) is 4.96. The van der Waals surface area contributed by atoms with Gasteiger partial charge in [-0.1, -0.05) is 12.2 Å². The molecule has 1 N–H and O–H groups in total. The second-order valence-corrected chi connectivity index (χ2v) is 2.63. The predicted molar refractivity (Wildman–Crippen MR) is 54.4 cm³/mol. The van der Waals surface area contributed by atoms with Crippen LogP contribution >= 0.6 is 0 Å². The normalized spacial score (nSPS) is 9.43. The van der Waals surface area contributed by atoms with Gasteiger partial charge >= 0.3 is 0 Å². The van der Waals surface area contributed by atoms with E-state index in [9.17, 15) is 4.79 Å². The summed E-state index contributed by atoms with van der Waals surface area (Å²) in [5.74, 6) is 0.528. The minimum atomic E-state index is 0.300. The van der Waals surface area contributed by atoms with Crippen molar-refractivity contribution in [2.75, 3.05) is 18.0 Å². The van der Waals surface area contributed by atoms with Gasteiger partial charge in [-0.25, -0.2) is 0 Å². The molecule has 14 heavy (non-hydrogen) atoms. The average molecular weight is 192 g/mol. The average Bonchev–Trinajstić information content (AvgIpc) is 2.65. The van der Waals surface area contributed by atoms with Gasteiger partial charge in [-0.15, -0.1) is 18.3 Å². The van der Waals surface area contributed by atoms with E-state index in [2.05, 4.69) is 28.6 Å². The predicted octanol–water partition coefficient (Wildman–Crippen LogP) is 0.796. The van der Waals surface area contributed by atoms with Crippen molar-refractivity contribution >= 4 is 12.1 Å². The van der Waals surface area contributed by atoms with Gasteiger partial charge < -0.3 is 4.90 Å². The Bertz CT molecular complexity index is 321. The number of H-pyrrole nitrogens is 1. The third kappa shape index (κ3) is 2.07. The monoisotopic (exact) mass is 192 g/mol. The van der Waals surface area contributed by atoms with Gasteiger partial charge in [0.15, 0.2) is 17.8 Å². The molecule has 0 aromatic carbocycles. The molecule has 0 radical (unpaired) electrons. The van der Waals surface area contributed by atoms with Gasteiger partial charge in [-0.05, 0) is 0 Å². The first-order chi connectivity index (χ1) is 6.83. The smallest absolute Gasteiger partial charge is 0.182 e. The summed E-state index contributed by atoms with van der Waals surface area (Å²) in [5.41, 5.74) is 0.300. The lowest BCUT2D eigenvalue weighted by Crippen LogP contribution is -2.24. The molecule has 0 unspecified atom stereocenters. The van der Waals surface area contributed by atoms with Crippen molar-refractivity contribution in [2.24, 2.45) is 0 Å². The molecule has 5 heteroatoms. The van der Waals surface area contributed by atoms with Gasteiger partial charge in [-0.3, -0.25) is 4.79 Å². The number of nitrogens with zero attached hydrogens (tertiary/aromatic N) is 3. The van der Waals surface area contributed by atoms with E-state index in [1.165, 1.54) is 0 Å². The largest absolute Gasteiger partial charge is 0.346 e. The summed E-state index contributed by atoms with van der Waals surface area (Å²) in [6, 6.07) is 0. The van der Waals surface area contributed by atoms with E-state index in [-0.39, 0.29) is 0 Å². The maximum absolute atomic E-state index is 10.6. The first kappa shape index (κ1) is 10.2. The topological polar surface area (TPSA) is 61.9 Å². The first-order valence-corrected chi connectivity index (χ1v) is 4.16. The van der Waals surface area contributed by atoms with Gasteiger partial charge in [0.1, 0.15) is 0 Å². The van der Waals surface area contributed by atoms with E-state index in [1.54, 1.807) is 12.2 Å². The molecule has 1 aromatic heterocycles. The summed E-state index contributed by atoms with van der Waals surface area (Å²) < 4.78 is 0. The van der Waals surface area contributed by atoms with Crippen LogP contribution in [0.4, 0.5) is 5.82 Å². The van der Waals surface area contributed by atoms with E-state index in [0.29, 0.717) is 30.9 Å². The molecule has 0 saturated heterocycles. The number of rotatable bonds is 6. The highest BCUT2D eigenvalue weighted by Crippen LogP contribution is 2.12. The lowest BCUT2D eigenvalue weighted by Gasteiger charge is -2.17. The molecule has 0 aliphatic rings. The van der Waals surface area contributed by atoms with E-state index < -0.39 is 0 Å². The zero-order valence-corrected chi connectivity index (χ0v) is 7.81. The lowest BCUT2D eigenvalue weighted by molar-refractivity contribution is 0.111. The Kier molecular flexibility index (Phi) is 3.60.